The quantitative estimate of drug-likeness (QED) is 0.899. The summed E-state index contributed by atoms with van der Waals surface area (Å²) in [6.45, 7) is 0. The molecule has 1 atom stereocenters. The van der Waals surface area contributed by atoms with Crippen molar-refractivity contribution >= 4 is 12.4 Å². The fourth-order valence-corrected chi connectivity index (χ4v) is 2.04. The van der Waals surface area contributed by atoms with Crippen molar-refractivity contribution in [3.8, 4) is 11.5 Å². The van der Waals surface area contributed by atoms with Gasteiger partial charge < -0.3 is 15.2 Å². The Labute approximate surface area is 121 Å². The predicted octanol–water partition coefficient (Wildman–Crippen LogP) is 3.82. The van der Waals surface area contributed by atoms with Gasteiger partial charge in [-0.25, -0.2) is 0 Å². The van der Waals surface area contributed by atoms with E-state index in [0.29, 0.717) is 17.2 Å². The van der Waals surface area contributed by atoms with Crippen LogP contribution in [0.25, 0.3) is 0 Å². The third-order valence-corrected chi connectivity index (χ3v) is 3.12. The zero-order valence-electron chi connectivity index (χ0n) is 10.9. The van der Waals surface area contributed by atoms with Gasteiger partial charge in [0.15, 0.2) is 0 Å². The first-order valence-corrected chi connectivity index (χ1v) is 6.08. The van der Waals surface area contributed by atoms with E-state index in [-0.39, 0.29) is 24.2 Å². The first-order chi connectivity index (χ1) is 8.89. The summed E-state index contributed by atoms with van der Waals surface area (Å²) in [6.07, 6.45) is -1.68. The highest BCUT2D eigenvalue weighted by molar-refractivity contribution is 5.85. The van der Waals surface area contributed by atoms with Crippen LogP contribution >= 0.6 is 12.4 Å². The average Bonchev–Trinajstić information content (AvgIpc) is 3.10. The number of rotatable bonds is 5. The Morgan fingerprint density at radius 1 is 1.35 bits per heavy atom. The molecule has 1 fully saturated rings. The third kappa shape index (κ3) is 4.76. The highest BCUT2D eigenvalue weighted by atomic mass is 35.5. The van der Waals surface area contributed by atoms with Crippen LogP contribution in [0.15, 0.2) is 18.2 Å². The summed E-state index contributed by atoms with van der Waals surface area (Å²) >= 11 is 0. The van der Waals surface area contributed by atoms with Crippen molar-refractivity contribution in [1.29, 1.82) is 0 Å². The van der Waals surface area contributed by atoms with E-state index in [1.807, 2.05) is 0 Å². The summed E-state index contributed by atoms with van der Waals surface area (Å²) in [6, 6.07) is 3.64. The molecular formula is C13H17ClF3NO2. The second-order valence-electron chi connectivity index (χ2n) is 4.74. The van der Waals surface area contributed by atoms with E-state index < -0.39 is 6.36 Å². The maximum Gasteiger partial charge on any atom is 0.573 e. The van der Waals surface area contributed by atoms with Gasteiger partial charge in [-0.3, -0.25) is 0 Å². The molecule has 0 saturated heterocycles. The molecule has 7 heteroatoms. The van der Waals surface area contributed by atoms with Crippen LogP contribution in [0, 0.1) is 5.92 Å². The summed E-state index contributed by atoms with van der Waals surface area (Å²) in [7, 11) is 1.47. The molecule has 1 aromatic rings. The fraction of sp³-hybridized carbons (Fsp3) is 0.538. The predicted molar refractivity (Wildman–Crippen MR) is 71.2 cm³/mol. The van der Waals surface area contributed by atoms with E-state index in [1.165, 1.54) is 25.3 Å². The van der Waals surface area contributed by atoms with Gasteiger partial charge in [-0.2, -0.15) is 0 Å². The smallest absolute Gasteiger partial charge is 0.496 e. The Balaban J connectivity index is 0.00000200. The maximum absolute atomic E-state index is 12.2. The molecule has 0 aromatic heterocycles. The SMILES string of the molecule is COc1ccc(OC(F)(F)F)cc1[C@H](N)CC1CC1.Cl. The van der Waals surface area contributed by atoms with Crippen LogP contribution < -0.4 is 15.2 Å². The number of hydrogen-bond acceptors (Lipinski definition) is 3. The molecular weight excluding hydrogens is 295 g/mol. The van der Waals surface area contributed by atoms with Gasteiger partial charge in [-0.1, -0.05) is 12.8 Å². The molecule has 0 aliphatic heterocycles. The minimum atomic E-state index is -4.70. The van der Waals surface area contributed by atoms with E-state index in [1.54, 1.807) is 0 Å². The summed E-state index contributed by atoms with van der Waals surface area (Å²) < 4.78 is 45.6. The van der Waals surface area contributed by atoms with Gasteiger partial charge in [0.2, 0.25) is 0 Å². The van der Waals surface area contributed by atoms with Gasteiger partial charge in [0.25, 0.3) is 0 Å². The second-order valence-corrected chi connectivity index (χ2v) is 4.74. The number of halogens is 4. The maximum atomic E-state index is 12.2. The van der Waals surface area contributed by atoms with E-state index >= 15 is 0 Å². The van der Waals surface area contributed by atoms with Gasteiger partial charge in [0, 0.05) is 11.6 Å². The molecule has 0 amide bonds. The Morgan fingerprint density at radius 3 is 2.50 bits per heavy atom. The lowest BCUT2D eigenvalue weighted by Gasteiger charge is -2.17. The van der Waals surface area contributed by atoms with Crippen LogP contribution in [-0.4, -0.2) is 13.5 Å². The lowest BCUT2D eigenvalue weighted by Crippen LogP contribution is -2.18. The van der Waals surface area contributed by atoms with Crippen LogP contribution in [0.3, 0.4) is 0 Å². The first kappa shape index (κ1) is 16.9. The molecule has 0 bridgehead atoms. The van der Waals surface area contributed by atoms with Crippen molar-refractivity contribution in [2.75, 3.05) is 7.11 Å². The number of methoxy groups -OCH3 is 1. The fourth-order valence-electron chi connectivity index (χ4n) is 2.04. The molecule has 1 aliphatic rings. The van der Waals surface area contributed by atoms with E-state index in [0.717, 1.165) is 19.3 Å². The topological polar surface area (TPSA) is 44.5 Å². The van der Waals surface area contributed by atoms with Crippen molar-refractivity contribution in [3.63, 3.8) is 0 Å². The molecule has 0 spiro atoms. The van der Waals surface area contributed by atoms with Crippen LogP contribution in [0.2, 0.25) is 0 Å². The standard InChI is InChI=1S/C13H16F3NO2.ClH/c1-18-12-5-4-9(19-13(14,15)16)7-10(12)11(17)6-8-2-3-8;/h4-5,7-8,11H,2-3,6,17H2,1H3;1H/t11-;/m1./s1. The summed E-state index contributed by atoms with van der Waals surface area (Å²) in [5.74, 6) is 0.795. The number of benzene rings is 1. The highest BCUT2D eigenvalue weighted by Crippen LogP contribution is 2.39. The van der Waals surface area contributed by atoms with Crippen LogP contribution in [-0.2, 0) is 0 Å². The Kier molecular flexibility index (Phi) is 5.53. The zero-order valence-corrected chi connectivity index (χ0v) is 11.8. The Hall–Kier alpha value is -1.14. The van der Waals surface area contributed by atoms with Gasteiger partial charge in [-0.05, 0) is 30.5 Å². The summed E-state index contributed by atoms with van der Waals surface area (Å²) in [5, 5.41) is 0. The van der Waals surface area contributed by atoms with Crippen LogP contribution in [0.1, 0.15) is 30.9 Å². The molecule has 0 radical (unpaired) electrons. The third-order valence-electron chi connectivity index (χ3n) is 3.12. The number of ether oxygens (including phenoxy) is 2. The van der Waals surface area contributed by atoms with Crippen molar-refractivity contribution in [2.45, 2.75) is 31.7 Å². The van der Waals surface area contributed by atoms with Gasteiger partial charge in [0.1, 0.15) is 11.5 Å². The molecule has 3 nitrogen and oxygen atoms in total. The normalized spacial score (nSPS) is 16.2. The summed E-state index contributed by atoms with van der Waals surface area (Å²) in [4.78, 5) is 0. The molecule has 2 N–H and O–H groups in total. The molecule has 114 valence electrons. The molecule has 1 saturated carbocycles. The van der Waals surface area contributed by atoms with E-state index in [4.69, 9.17) is 10.5 Å². The van der Waals surface area contributed by atoms with Crippen molar-refractivity contribution in [2.24, 2.45) is 11.7 Å². The largest absolute Gasteiger partial charge is 0.573 e. The van der Waals surface area contributed by atoms with Gasteiger partial charge in [-0.15, -0.1) is 25.6 Å². The highest BCUT2D eigenvalue weighted by Gasteiger charge is 2.32. The monoisotopic (exact) mass is 311 g/mol. The summed E-state index contributed by atoms with van der Waals surface area (Å²) in [5.41, 5.74) is 6.58. The number of nitrogens with two attached hydrogens (primary N) is 1. The molecule has 1 aromatic carbocycles. The van der Waals surface area contributed by atoms with E-state index in [9.17, 15) is 13.2 Å². The molecule has 0 heterocycles. The second kappa shape index (κ2) is 6.54. The first-order valence-electron chi connectivity index (χ1n) is 6.08. The van der Waals surface area contributed by atoms with Crippen LogP contribution in [0.4, 0.5) is 13.2 Å². The minimum absolute atomic E-state index is 0. The lowest BCUT2D eigenvalue weighted by molar-refractivity contribution is -0.274. The Morgan fingerprint density at radius 2 is 2.00 bits per heavy atom. The molecule has 0 unspecified atom stereocenters. The Bertz CT molecular complexity index is 450. The minimum Gasteiger partial charge on any atom is -0.496 e. The lowest BCUT2D eigenvalue weighted by atomic mass is 10.0. The molecule has 1 aliphatic carbocycles. The zero-order chi connectivity index (χ0) is 14.0. The van der Waals surface area contributed by atoms with Crippen LogP contribution in [0.5, 0.6) is 11.5 Å². The molecule has 2 rings (SSSR count). The number of alkyl halides is 3. The van der Waals surface area contributed by atoms with Crippen molar-refractivity contribution < 1.29 is 22.6 Å². The van der Waals surface area contributed by atoms with Gasteiger partial charge in [0.05, 0.1) is 7.11 Å². The van der Waals surface area contributed by atoms with E-state index in [2.05, 4.69) is 4.74 Å². The van der Waals surface area contributed by atoms with Crippen molar-refractivity contribution in [3.05, 3.63) is 23.8 Å². The molecule has 20 heavy (non-hydrogen) atoms. The van der Waals surface area contributed by atoms with Crippen molar-refractivity contribution in [1.82, 2.24) is 0 Å². The number of hydrogen-bond donors (Lipinski definition) is 1. The average molecular weight is 312 g/mol. The van der Waals surface area contributed by atoms with Gasteiger partial charge >= 0.3 is 6.36 Å².